The molecule has 0 atom stereocenters. The van der Waals surface area contributed by atoms with Gasteiger partial charge in [0.25, 0.3) is 5.91 Å². The first-order chi connectivity index (χ1) is 7.85. The van der Waals surface area contributed by atoms with Crippen LogP contribution in [-0.4, -0.2) is 30.1 Å². The molecule has 1 aromatic heterocycles. The van der Waals surface area contributed by atoms with Gasteiger partial charge in [-0.25, -0.2) is 4.98 Å². The Morgan fingerprint density at radius 1 is 1.59 bits per heavy atom. The molecule has 0 spiro atoms. The molecule has 0 aliphatic heterocycles. The maximum Gasteiger partial charge on any atom is 0.252 e. The summed E-state index contributed by atoms with van der Waals surface area (Å²) in [4.78, 5) is 15.3. The summed E-state index contributed by atoms with van der Waals surface area (Å²) in [5, 5.41) is 3.10. The fraction of sp³-hybridized carbons (Fsp3) is 0.455. The van der Waals surface area contributed by atoms with Crippen LogP contribution in [-0.2, 0) is 4.74 Å². The first kappa shape index (κ1) is 13.2. The van der Waals surface area contributed by atoms with E-state index in [2.05, 4.69) is 10.3 Å². The molecule has 0 bridgehead atoms. The highest BCUT2D eigenvalue weighted by atomic mass is 16.5. The van der Waals surface area contributed by atoms with Gasteiger partial charge in [0.05, 0.1) is 29.6 Å². The summed E-state index contributed by atoms with van der Waals surface area (Å²) in [6.07, 6.45) is 1.47. The number of primary amides is 1. The summed E-state index contributed by atoms with van der Waals surface area (Å²) in [5.41, 5.74) is 11.1. The zero-order chi connectivity index (χ0) is 13.1. The third-order valence-electron chi connectivity index (χ3n) is 2.14. The SMILES string of the molecule is COCC(C)(C)Nc1ncc(N)cc1C(N)=O. The molecule has 6 heteroatoms. The number of amides is 1. The number of nitrogens with one attached hydrogen (secondary N) is 1. The van der Waals surface area contributed by atoms with Gasteiger partial charge in [-0.05, 0) is 19.9 Å². The quantitative estimate of drug-likeness (QED) is 0.697. The van der Waals surface area contributed by atoms with Gasteiger partial charge in [0.15, 0.2) is 0 Å². The molecule has 1 rings (SSSR count). The lowest BCUT2D eigenvalue weighted by molar-refractivity contribution is 0.100. The average molecular weight is 238 g/mol. The fourth-order valence-electron chi connectivity index (χ4n) is 1.49. The van der Waals surface area contributed by atoms with E-state index in [1.807, 2.05) is 13.8 Å². The molecule has 0 radical (unpaired) electrons. The maximum atomic E-state index is 11.3. The molecule has 1 aromatic rings. The standard InChI is InChI=1S/C11H18N4O2/c1-11(2,6-17-3)15-10-8(9(13)16)4-7(12)5-14-10/h4-5H,6,12H2,1-3H3,(H2,13,16)(H,14,15). The second-order valence-corrected chi connectivity index (χ2v) is 4.47. The number of aromatic nitrogens is 1. The van der Waals surface area contributed by atoms with Crippen LogP contribution in [0.4, 0.5) is 11.5 Å². The highest BCUT2D eigenvalue weighted by Crippen LogP contribution is 2.19. The van der Waals surface area contributed by atoms with Crippen LogP contribution in [0.25, 0.3) is 0 Å². The lowest BCUT2D eigenvalue weighted by Crippen LogP contribution is -2.37. The van der Waals surface area contributed by atoms with Crippen molar-refractivity contribution in [3.8, 4) is 0 Å². The summed E-state index contributed by atoms with van der Waals surface area (Å²) in [6, 6.07) is 1.50. The first-order valence-corrected chi connectivity index (χ1v) is 5.18. The van der Waals surface area contributed by atoms with Gasteiger partial charge in [0, 0.05) is 7.11 Å². The van der Waals surface area contributed by atoms with Crippen LogP contribution in [0.3, 0.4) is 0 Å². The fourth-order valence-corrected chi connectivity index (χ4v) is 1.49. The van der Waals surface area contributed by atoms with E-state index in [0.29, 0.717) is 18.1 Å². The molecule has 0 unspecified atom stereocenters. The van der Waals surface area contributed by atoms with Crippen molar-refractivity contribution in [1.29, 1.82) is 0 Å². The van der Waals surface area contributed by atoms with Crippen LogP contribution in [0.15, 0.2) is 12.3 Å². The van der Waals surface area contributed by atoms with Gasteiger partial charge in [0.2, 0.25) is 0 Å². The molecule has 0 saturated carbocycles. The predicted octanol–water partition coefficient (Wildman–Crippen LogP) is 0.600. The van der Waals surface area contributed by atoms with Crippen molar-refractivity contribution >= 4 is 17.4 Å². The Kier molecular flexibility index (Phi) is 3.90. The number of methoxy groups -OCH3 is 1. The highest BCUT2D eigenvalue weighted by Gasteiger charge is 2.21. The van der Waals surface area contributed by atoms with Gasteiger partial charge in [-0.2, -0.15) is 0 Å². The molecule has 0 aliphatic rings. The molecule has 0 aromatic carbocycles. The van der Waals surface area contributed by atoms with E-state index in [0.717, 1.165) is 0 Å². The Bertz CT molecular complexity index is 418. The number of hydrogen-bond donors (Lipinski definition) is 3. The van der Waals surface area contributed by atoms with Gasteiger partial charge in [-0.3, -0.25) is 4.79 Å². The van der Waals surface area contributed by atoms with Crippen molar-refractivity contribution in [1.82, 2.24) is 4.98 Å². The Morgan fingerprint density at radius 3 is 2.76 bits per heavy atom. The lowest BCUT2D eigenvalue weighted by atomic mass is 10.1. The number of carbonyl (C=O) groups excluding carboxylic acids is 1. The molecule has 0 fully saturated rings. The van der Waals surface area contributed by atoms with Crippen molar-refractivity contribution < 1.29 is 9.53 Å². The third-order valence-corrected chi connectivity index (χ3v) is 2.14. The average Bonchev–Trinajstić information content (AvgIpc) is 2.20. The molecule has 1 heterocycles. The first-order valence-electron chi connectivity index (χ1n) is 5.18. The zero-order valence-electron chi connectivity index (χ0n) is 10.3. The number of nitrogens with zero attached hydrogens (tertiary/aromatic N) is 1. The molecule has 0 aliphatic carbocycles. The molecule has 94 valence electrons. The summed E-state index contributed by atoms with van der Waals surface area (Å²) in [7, 11) is 1.61. The van der Waals surface area contributed by atoms with E-state index in [-0.39, 0.29) is 11.1 Å². The Morgan fingerprint density at radius 2 is 2.24 bits per heavy atom. The van der Waals surface area contributed by atoms with E-state index >= 15 is 0 Å². The predicted molar refractivity (Wildman–Crippen MR) is 66.7 cm³/mol. The molecule has 6 nitrogen and oxygen atoms in total. The smallest absolute Gasteiger partial charge is 0.252 e. The largest absolute Gasteiger partial charge is 0.397 e. The van der Waals surface area contributed by atoms with Gasteiger partial charge in [-0.15, -0.1) is 0 Å². The summed E-state index contributed by atoms with van der Waals surface area (Å²) in [5.74, 6) is -0.158. The number of anilines is 2. The number of nitrogen functional groups attached to an aromatic ring is 1. The monoisotopic (exact) mass is 238 g/mol. The molecule has 17 heavy (non-hydrogen) atoms. The second kappa shape index (κ2) is 5.01. The van der Waals surface area contributed by atoms with Crippen molar-refractivity contribution in [2.75, 3.05) is 24.8 Å². The Balaban J connectivity index is 3.02. The summed E-state index contributed by atoms with van der Waals surface area (Å²) < 4.78 is 5.07. The maximum absolute atomic E-state index is 11.3. The van der Waals surface area contributed by atoms with Gasteiger partial charge < -0.3 is 21.5 Å². The van der Waals surface area contributed by atoms with E-state index in [4.69, 9.17) is 16.2 Å². The number of nitrogens with two attached hydrogens (primary N) is 2. The van der Waals surface area contributed by atoms with Crippen molar-refractivity contribution in [2.24, 2.45) is 5.73 Å². The number of pyridine rings is 1. The summed E-state index contributed by atoms with van der Waals surface area (Å²) in [6.45, 7) is 4.33. The number of ether oxygens (including phenoxy) is 1. The number of hydrogen-bond acceptors (Lipinski definition) is 5. The van der Waals surface area contributed by atoms with Crippen LogP contribution >= 0.6 is 0 Å². The summed E-state index contributed by atoms with van der Waals surface area (Å²) >= 11 is 0. The van der Waals surface area contributed by atoms with Crippen molar-refractivity contribution in [3.05, 3.63) is 17.8 Å². The lowest BCUT2D eigenvalue weighted by Gasteiger charge is -2.26. The minimum Gasteiger partial charge on any atom is -0.397 e. The minimum absolute atomic E-state index is 0.272. The van der Waals surface area contributed by atoms with Crippen LogP contribution in [0, 0.1) is 0 Å². The Hall–Kier alpha value is -1.82. The Labute approximate surface area is 100 Å². The second-order valence-electron chi connectivity index (χ2n) is 4.47. The molecular formula is C11H18N4O2. The normalized spacial score (nSPS) is 11.2. The van der Waals surface area contributed by atoms with Gasteiger partial charge >= 0.3 is 0 Å². The molecule has 5 N–H and O–H groups in total. The number of carbonyl (C=O) groups is 1. The van der Waals surface area contributed by atoms with E-state index in [1.165, 1.54) is 12.3 Å². The van der Waals surface area contributed by atoms with E-state index in [1.54, 1.807) is 7.11 Å². The van der Waals surface area contributed by atoms with Crippen molar-refractivity contribution in [2.45, 2.75) is 19.4 Å². The van der Waals surface area contributed by atoms with Crippen LogP contribution in [0.2, 0.25) is 0 Å². The van der Waals surface area contributed by atoms with E-state index < -0.39 is 5.91 Å². The molecular weight excluding hydrogens is 220 g/mol. The zero-order valence-corrected chi connectivity index (χ0v) is 10.3. The van der Waals surface area contributed by atoms with Gasteiger partial charge in [0.1, 0.15) is 5.82 Å². The molecule has 0 saturated heterocycles. The van der Waals surface area contributed by atoms with Crippen LogP contribution < -0.4 is 16.8 Å². The number of rotatable bonds is 5. The highest BCUT2D eigenvalue weighted by molar-refractivity contribution is 5.98. The van der Waals surface area contributed by atoms with E-state index in [9.17, 15) is 4.79 Å². The topological polar surface area (TPSA) is 103 Å². The van der Waals surface area contributed by atoms with Crippen LogP contribution in [0.5, 0.6) is 0 Å². The minimum atomic E-state index is -0.569. The van der Waals surface area contributed by atoms with Gasteiger partial charge in [-0.1, -0.05) is 0 Å². The van der Waals surface area contributed by atoms with Crippen LogP contribution in [0.1, 0.15) is 24.2 Å². The third kappa shape index (κ3) is 3.60. The molecule has 1 amide bonds. The van der Waals surface area contributed by atoms with Crippen molar-refractivity contribution in [3.63, 3.8) is 0 Å².